The van der Waals surface area contributed by atoms with Crippen molar-refractivity contribution in [3.63, 3.8) is 0 Å². The lowest BCUT2D eigenvalue weighted by Gasteiger charge is -2.11. The van der Waals surface area contributed by atoms with E-state index in [2.05, 4.69) is 21.6 Å². The molecule has 1 heterocycles. The number of anilines is 2. The third-order valence-electron chi connectivity index (χ3n) is 2.45. The Morgan fingerprint density at radius 2 is 2.17 bits per heavy atom. The number of ether oxygens (including phenoxy) is 1. The number of methoxy groups -OCH3 is 1. The molecule has 5 nitrogen and oxygen atoms in total. The van der Waals surface area contributed by atoms with Crippen LogP contribution in [-0.2, 0) is 0 Å². The Labute approximate surface area is 105 Å². The van der Waals surface area contributed by atoms with E-state index in [-0.39, 0.29) is 0 Å². The van der Waals surface area contributed by atoms with E-state index >= 15 is 0 Å². The molecular weight excluding hydrogens is 228 g/mol. The van der Waals surface area contributed by atoms with Gasteiger partial charge in [0, 0.05) is 0 Å². The fraction of sp³-hybridized carbons (Fsp3) is 0.154. The Bertz CT molecular complexity index is 604. The zero-order valence-corrected chi connectivity index (χ0v) is 10.1. The summed E-state index contributed by atoms with van der Waals surface area (Å²) in [4.78, 5) is 0. The summed E-state index contributed by atoms with van der Waals surface area (Å²) in [6.07, 6.45) is 1.48. The minimum Gasteiger partial charge on any atom is -0.495 e. The first-order valence-corrected chi connectivity index (χ1v) is 5.38. The molecule has 0 atom stereocenters. The van der Waals surface area contributed by atoms with E-state index < -0.39 is 0 Å². The van der Waals surface area contributed by atoms with Crippen LogP contribution in [0.2, 0.25) is 0 Å². The van der Waals surface area contributed by atoms with Crippen molar-refractivity contribution in [2.24, 2.45) is 0 Å². The number of hydrogen-bond donors (Lipinski definition) is 1. The van der Waals surface area contributed by atoms with Crippen molar-refractivity contribution in [2.45, 2.75) is 6.92 Å². The first-order chi connectivity index (χ1) is 8.74. The maximum Gasteiger partial charge on any atom is 0.171 e. The number of nitrogens with zero attached hydrogens (tertiary/aromatic N) is 3. The van der Waals surface area contributed by atoms with Crippen LogP contribution in [0.1, 0.15) is 11.1 Å². The SMILES string of the molecule is COc1ccc(C)cc1Nc1nnccc1C#N. The van der Waals surface area contributed by atoms with Gasteiger partial charge in [0.15, 0.2) is 5.82 Å². The van der Waals surface area contributed by atoms with E-state index in [0.29, 0.717) is 17.1 Å². The van der Waals surface area contributed by atoms with E-state index in [9.17, 15) is 0 Å². The second-order valence-corrected chi connectivity index (χ2v) is 3.73. The highest BCUT2D eigenvalue weighted by Gasteiger charge is 2.08. The normalized spacial score (nSPS) is 9.61. The second-order valence-electron chi connectivity index (χ2n) is 3.73. The fourth-order valence-corrected chi connectivity index (χ4v) is 1.56. The van der Waals surface area contributed by atoms with Gasteiger partial charge in [-0.15, -0.1) is 5.10 Å². The van der Waals surface area contributed by atoms with Crippen LogP contribution in [0.15, 0.2) is 30.5 Å². The highest BCUT2D eigenvalue weighted by atomic mass is 16.5. The van der Waals surface area contributed by atoms with Crippen molar-refractivity contribution in [2.75, 3.05) is 12.4 Å². The number of nitriles is 1. The maximum atomic E-state index is 8.99. The van der Waals surface area contributed by atoms with Crippen LogP contribution >= 0.6 is 0 Å². The summed E-state index contributed by atoms with van der Waals surface area (Å²) >= 11 is 0. The Kier molecular flexibility index (Phi) is 3.39. The molecule has 1 aromatic carbocycles. The molecule has 0 unspecified atom stereocenters. The van der Waals surface area contributed by atoms with Crippen molar-refractivity contribution >= 4 is 11.5 Å². The zero-order chi connectivity index (χ0) is 13.0. The highest BCUT2D eigenvalue weighted by Crippen LogP contribution is 2.28. The largest absolute Gasteiger partial charge is 0.495 e. The van der Waals surface area contributed by atoms with Gasteiger partial charge >= 0.3 is 0 Å². The van der Waals surface area contributed by atoms with Gasteiger partial charge in [-0.2, -0.15) is 10.4 Å². The molecular formula is C13H12N4O. The van der Waals surface area contributed by atoms with Crippen molar-refractivity contribution in [1.82, 2.24) is 10.2 Å². The molecule has 0 spiro atoms. The lowest BCUT2D eigenvalue weighted by molar-refractivity contribution is 0.416. The van der Waals surface area contributed by atoms with Gasteiger partial charge in [0.25, 0.3) is 0 Å². The predicted molar refractivity (Wildman–Crippen MR) is 67.8 cm³/mol. The van der Waals surface area contributed by atoms with Gasteiger partial charge in [0.1, 0.15) is 11.8 Å². The van der Waals surface area contributed by atoms with Gasteiger partial charge in [-0.3, -0.25) is 0 Å². The van der Waals surface area contributed by atoms with E-state index in [1.54, 1.807) is 13.2 Å². The first-order valence-electron chi connectivity index (χ1n) is 5.38. The Hall–Kier alpha value is -2.61. The average Bonchev–Trinajstić information content (AvgIpc) is 2.40. The van der Waals surface area contributed by atoms with E-state index in [1.165, 1.54) is 6.20 Å². The molecule has 18 heavy (non-hydrogen) atoms. The van der Waals surface area contributed by atoms with E-state index in [1.807, 2.05) is 25.1 Å². The summed E-state index contributed by atoms with van der Waals surface area (Å²) < 4.78 is 5.25. The van der Waals surface area contributed by atoms with Crippen LogP contribution in [-0.4, -0.2) is 17.3 Å². The number of aromatic nitrogens is 2. The molecule has 0 aliphatic rings. The molecule has 2 aromatic rings. The van der Waals surface area contributed by atoms with Crippen molar-refractivity contribution in [1.29, 1.82) is 5.26 Å². The first kappa shape index (κ1) is 11.9. The van der Waals surface area contributed by atoms with Crippen molar-refractivity contribution in [3.05, 3.63) is 41.6 Å². The van der Waals surface area contributed by atoms with Crippen molar-refractivity contribution < 1.29 is 4.74 Å². The number of rotatable bonds is 3. The van der Waals surface area contributed by atoms with Gasteiger partial charge in [0.2, 0.25) is 0 Å². The quantitative estimate of drug-likeness (QED) is 0.892. The molecule has 1 N–H and O–H groups in total. The van der Waals surface area contributed by atoms with Crippen LogP contribution in [0, 0.1) is 18.3 Å². The van der Waals surface area contributed by atoms with Gasteiger partial charge in [-0.1, -0.05) is 6.07 Å². The Morgan fingerprint density at radius 3 is 2.89 bits per heavy atom. The van der Waals surface area contributed by atoms with Crippen LogP contribution < -0.4 is 10.1 Å². The average molecular weight is 240 g/mol. The summed E-state index contributed by atoms with van der Waals surface area (Å²) in [5, 5.41) is 19.7. The summed E-state index contributed by atoms with van der Waals surface area (Å²) in [7, 11) is 1.59. The summed E-state index contributed by atoms with van der Waals surface area (Å²) in [6, 6.07) is 9.41. The molecule has 0 saturated heterocycles. The van der Waals surface area contributed by atoms with E-state index in [4.69, 9.17) is 10.00 Å². The van der Waals surface area contributed by atoms with Gasteiger partial charge in [-0.05, 0) is 30.7 Å². The monoisotopic (exact) mass is 240 g/mol. The minimum atomic E-state index is 0.420. The summed E-state index contributed by atoms with van der Waals surface area (Å²) in [5.41, 5.74) is 2.28. The molecule has 0 aliphatic heterocycles. The van der Waals surface area contributed by atoms with E-state index in [0.717, 1.165) is 11.3 Å². The predicted octanol–water partition coefficient (Wildman–Crippen LogP) is 2.41. The fourth-order valence-electron chi connectivity index (χ4n) is 1.56. The molecule has 5 heteroatoms. The molecule has 0 fully saturated rings. The van der Waals surface area contributed by atoms with Gasteiger partial charge in [-0.25, -0.2) is 0 Å². The number of benzene rings is 1. The lowest BCUT2D eigenvalue weighted by Crippen LogP contribution is -2.00. The minimum absolute atomic E-state index is 0.420. The summed E-state index contributed by atoms with van der Waals surface area (Å²) in [5.74, 6) is 1.11. The summed E-state index contributed by atoms with van der Waals surface area (Å²) in [6.45, 7) is 1.98. The number of hydrogen-bond acceptors (Lipinski definition) is 5. The third-order valence-corrected chi connectivity index (χ3v) is 2.45. The van der Waals surface area contributed by atoms with Gasteiger partial charge in [0.05, 0.1) is 24.6 Å². The van der Waals surface area contributed by atoms with Crippen LogP contribution in [0.25, 0.3) is 0 Å². The number of nitrogens with one attached hydrogen (secondary N) is 1. The Balaban J connectivity index is 2.40. The topological polar surface area (TPSA) is 70.8 Å². The van der Waals surface area contributed by atoms with Crippen LogP contribution in [0.4, 0.5) is 11.5 Å². The Morgan fingerprint density at radius 1 is 1.33 bits per heavy atom. The van der Waals surface area contributed by atoms with Crippen LogP contribution in [0.3, 0.4) is 0 Å². The smallest absolute Gasteiger partial charge is 0.171 e. The highest BCUT2D eigenvalue weighted by molar-refractivity contribution is 5.68. The second kappa shape index (κ2) is 5.15. The molecule has 0 amide bonds. The zero-order valence-electron chi connectivity index (χ0n) is 10.1. The number of aryl methyl sites for hydroxylation is 1. The molecule has 0 bridgehead atoms. The molecule has 2 rings (SSSR count). The molecule has 1 aromatic heterocycles. The molecule has 0 radical (unpaired) electrons. The lowest BCUT2D eigenvalue weighted by atomic mass is 10.2. The molecule has 0 aliphatic carbocycles. The maximum absolute atomic E-state index is 8.99. The molecule has 0 saturated carbocycles. The standard InChI is InChI=1S/C13H12N4O/c1-9-3-4-12(18-2)11(7-9)16-13-10(8-14)5-6-15-17-13/h3-7H,1-2H3,(H,16,17). The van der Waals surface area contributed by atoms with Gasteiger partial charge < -0.3 is 10.1 Å². The third kappa shape index (κ3) is 2.38. The van der Waals surface area contributed by atoms with Crippen molar-refractivity contribution in [3.8, 4) is 11.8 Å². The molecule has 90 valence electrons. The van der Waals surface area contributed by atoms with Crippen LogP contribution in [0.5, 0.6) is 5.75 Å².